The van der Waals surface area contributed by atoms with E-state index in [1.165, 1.54) is 4.90 Å². The lowest BCUT2D eigenvalue weighted by molar-refractivity contribution is -0.156. The Morgan fingerprint density at radius 2 is 1.63 bits per heavy atom. The number of hydrogen-bond donors (Lipinski definition) is 1. The van der Waals surface area contributed by atoms with Crippen molar-refractivity contribution in [3.63, 3.8) is 0 Å². The highest BCUT2D eigenvalue weighted by atomic mass is 16.5. The van der Waals surface area contributed by atoms with Gasteiger partial charge in [-0.1, -0.05) is 60.7 Å². The van der Waals surface area contributed by atoms with Gasteiger partial charge in [0.05, 0.1) is 6.04 Å². The maximum atomic E-state index is 13.1. The molecule has 138 valence electrons. The summed E-state index contributed by atoms with van der Waals surface area (Å²) in [5.41, 5.74) is 8.90. The number of rotatable bonds is 4. The normalized spacial score (nSPS) is 21.7. The van der Waals surface area contributed by atoms with E-state index in [1.54, 1.807) is 0 Å². The molecule has 2 N–H and O–H groups in total. The summed E-state index contributed by atoms with van der Waals surface area (Å²) in [5.74, 6) is -0.683. The van der Waals surface area contributed by atoms with E-state index in [2.05, 4.69) is 0 Å². The van der Waals surface area contributed by atoms with Gasteiger partial charge in [0.2, 0.25) is 5.91 Å². The molecule has 0 unspecified atom stereocenters. The first-order chi connectivity index (χ1) is 13.1. The Kier molecular flexibility index (Phi) is 4.54. The predicted molar refractivity (Wildman–Crippen MR) is 101 cm³/mol. The molecule has 0 radical (unpaired) electrons. The van der Waals surface area contributed by atoms with Gasteiger partial charge < -0.3 is 10.5 Å². The van der Waals surface area contributed by atoms with E-state index in [1.807, 2.05) is 67.6 Å². The van der Waals surface area contributed by atoms with Crippen LogP contribution in [0, 0.1) is 0 Å². The number of carbonyl (C=O) groups is 2. The summed E-state index contributed by atoms with van der Waals surface area (Å²) in [4.78, 5) is 26.9. The Balaban J connectivity index is 1.65. The Morgan fingerprint density at radius 3 is 2.19 bits per heavy atom. The average molecular weight is 362 g/mol. The van der Waals surface area contributed by atoms with Gasteiger partial charge in [0, 0.05) is 0 Å². The Hall–Kier alpha value is -2.92. The van der Waals surface area contributed by atoms with Gasteiger partial charge >= 0.3 is 5.97 Å². The van der Waals surface area contributed by atoms with Crippen molar-refractivity contribution in [2.45, 2.75) is 38.0 Å². The van der Waals surface area contributed by atoms with Crippen LogP contribution in [0.4, 0.5) is 0 Å². The predicted octanol–water partition coefficient (Wildman–Crippen LogP) is 2.93. The molecule has 2 aliphatic rings. The quantitative estimate of drug-likeness (QED) is 0.670. The number of fused-ring (bicyclic) bond motifs is 1. The standard InChI is InChI=1S/C22H22N2O3/c1-14-12-13-17-18(23)21(25)24(17)19(14)22(26)27-20(15-8-4-2-5-9-15)16-10-6-3-7-11-16/h2-11,17-18,20H,12-13,23H2,1H3/t17-,18-/m1/s1. The topological polar surface area (TPSA) is 72.6 Å². The van der Waals surface area contributed by atoms with Crippen molar-refractivity contribution in [1.82, 2.24) is 4.90 Å². The second-order valence-corrected chi connectivity index (χ2v) is 7.08. The van der Waals surface area contributed by atoms with Crippen molar-refractivity contribution in [1.29, 1.82) is 0 Å². The summed E-state index contributed by atoms with van der Waals surface area (Å²) in [6.45, 7) is 1.88. The van der Waals surface area contributed by atoms with Gasteiger partial charge in [-0.2, -0.15) is 0 Å². The van der Waals surface area contributed by atoms with Crippen LogP contribution in [0.2, 0.25) is 0 Å². The van der Waals surface area contributed by atoms with Gasteiger partial charge in [-0.25, -0.2) is 4.79 Å². The van der Waals surface area contributed by atoms with E-state index in [0.717, 1.165) is 29.5 Å². The molecule has 27 heavy (non-hydrogen) atoms. The molecule has 0 spiro atoms. The van der Waals surface area contributed by atoms with Crippen LogP contribution in [0.15, 0.2) is 71.9 Å². The monoisotopic (exact) mass is 362 g/mol. The van der Waals surface area contributed by atoms with Gasteiger partial charge in [-0.05, 0) is 36.5 Å². The first-order valence-corrected chi connectivity index (χ1v) is 9.17. The molecule has 1 amide bonds. The molecule has 2 atom stereocenters. The molecule has 0 saturated carbocycles. The highest BCUT2D eigenvalue weighted by Crippen LogP contribution is 2.37. The van der Waals surface area contributed by atoms with Crippen LogP contribution in [0.3, 0.4) is 0 Å². The minimum atomic E-state index is -0.536. The highest BCUT2D eigenvalue weighted by molar-refractivity contribution is 6.00. The zero-order valence-corrected chi connectivity index (χ0v) is 15.2. The first-order valence-electron chi connectivity index (χ1n) is 9.17. The number of allylic oxidation sites excluding steroid dienone is 1. The summed E-state index contributed by atoms with van der Waals surface area (Å²) >= 11 is 0. The molecule has 0 aromatic heterocycles. The number of benzene rings is 2. The van der Waals surface area contributed by atoms with Gasteiger partial charge in [-0.3, -0.25) is 9.69 Å². The number of esters is 1. The fourth-order valence-corrected chi connectivity index (χ4v) is 3.86. The zero-order valence-electron chi connectivity index (χ0n) is 15.2. The molecule has 1 saturated heterocycles. The molecule has 2 aromatic carbocycles. The lowest BCUT2D eigenvalue weighted by Crippen LogP contribution is -2.69. The number of carbonyl (C=O) groups excluding carboxylic acids is 2. The van der Waals surface area contributed by atoms with Crippen LogP contribution in [-0.4, -0.2) is 28.9 Å². The van der Waals surface area contributed by atoms with Crippen LogP contribution in [0.5, 0.6) is 0 Å². The van der Waals surface area contributed by atoms with Crippen molar-refractivity contribution < 1.29 is 14.3 Å². The Bertz CT molecular complexity index is 853. The molecule has 2 heterocycles. The molecular weight excluding hydrogens is 340 g/mol. The molecular formula is C22H22N2O3. The third kappa shape index (κ3) is 3.04. The van der Waals surface area contributed by atoms with E-state index in [4.69, 9.17) is 10.5 Å². The largest absolute Gasteiger partial charge is 0.448 e. The number of nitrogens with zero attached hydrogens (tertiary/aromatic N) is 1. The van der Waals surface area contributed by atoms with Crippen LogP contribution >= 0.6 is 0 Å². The maximum Gasteiger partial charge on any atom is 0.355 e. The molecule has 5 nitrogen and oxygen atoms in total. The zero-order chi connectivity index (χ0) is 19.0. The highest BCUT2D eigenvalue weighted by Gasteiger charge is 2.50. The van der Waals surface area contributed by atoms with Crippen LogP contribution in [-0.2, 0) is 14.3 Å². The fraction of sp³-hybridized carbons (Fsp3) is 0.273. The molecule has 2 aromatic rings. The van der Waals surface area contributed by atoms with Crippen LogP contribution in [0.25, 0.3) is 0 Å². The van der Waals surface area contributed by atoms with E-state index < -0.39 is 18.1 Å². The van der Waals surface area contributed by atoms with E-state index >= 15 is 0 Å². The third-order valence-electron chi connectivity index (χ3n) is 5.35. The number of ether oxygens (including phenoxy) is 1. The lowest BCUT2D eigenvalue weighted by atomic mass is 9.84. The third-order valence-corrected chi connectivity index (χ3v) is 5.35. The molecule has 0 bridgehead atoms. The Morgan fingerprint density at radius 1 is 1.07 bits per heavy atom. The van der Waals surface area contributed by atoms with Crippen molar-refractivity contribution in [3.8, 4) is 0 Å². The minimum absolute atomic E-state index is 0.101. The smallest absolute Gasteiger partial charge is 0.355 e. The summed E-state index contributed by atoms with van der Waals surface area (Å²) in [6, 6.07) is 18.6. The molecule has 0 aliphatic carbocycles. The second kappa shape index (κ2) is 7.00. The van der Waals surface area contributed by atoms with E-state index in [0.29, 0.717) is 5.70 Å². The fourth-order valence-electron chi connectivity index (χ4n) is 3.86. The number of amides is 1. The van der Waals surface area contributed by atoms with Gasteiger partial charge in [0.1, 0.15) is 11.7 Å². The average Bonchev–Trinajstić information content (AvgIpc) is 2.72. The van der Waals surface area contributed by atoms with Crippen molar-refractivity contribution in [2.75, 3.05) is 0 Å². The van der Waals surface area contributed by atoms with Crippen LogP contribution in [0.1, 0.15) is 37.0 Å². The van der Waals surface area contributed by atoms with Crippen molar-refractivity contribution >= 4 is 11.9 Å². The van der Waals surface area contributed by atoms with E-state index in [9.17, 15) is 9.59 Å². The first kappa shape index (κ1) is 17.5. The lowest BCUT2D eigenvalue weighted by Gasteiger charge is -2.48. The van der Waals surface area contributed by atoms with Gasteiger partial charge in [-0.15, -0.1) is 0 Å². The maximum absolute atomic E-state index is 13.1. The second-order valence-electron chi connectivity index (χ2n) is 7.08. The summed E-state index contributed by atoms with van der Waals surface area (Å²) in [6.07, 6.45) is 0.996. The summed E-state index contributed by atoms with van der Waals surface area (Å²) in [7, 11) is 0. The molecule has 2 aliphatic heterocycles. The van der Waals surface area contributed by atoms with Crippen molar-refractivity contribution in [3.05, 3.63) is 83.1 Å². The Labute approximate surface area is 158 Å². The molecule has 5 heteroatoms. The van der Waals surface area contributed by atoms with Gasteiger partial charge in [0.15, 0.2) is 6.10 Å². The molecule has 4 rings (SSSR count). The van der Waals surface area contributed by atoms with E-state index in [-0.39, 0.29) is 11.9 Å². The minimum Gasteiger partial charge on any atom is -0.448 e. The van der Waals surface area contributed by atoms with Crippen molar-refractivity contribution in [2.24, 2.45) is 5.73 Å². The number of nitrogens with two attached hydrogens (primary N) is 1. The SMILES string of the molecule is CC1=C(C(=O)OC(c2ccccc2)c2ccccc2)N2C(=O)[C@H](N)[C@H]2CC1. The summed E-state index contributed by atoms with van der Waals surface area (Å²) in [5, 5.41) is 0. The molecule has 1 fully saturated rings. The summed E-state index contributed by atoms with van der Waals surface area (Å²) < 4.78 is 5.94. The number of hydrogen-bond acceptors (Lipinski definition) is 4. The number of β-lactam (4-membered cyclic amide) rings is 1. The van der Waals surface area contributed by atoms with Crippen LogP contribution < -0.4 is 5.73 Å². The van der Waals surface area contributed by atoms with Gasteiger partial charge in [0.25, 0.3) is 0 Å².